The number of carboxylic acids is 1. The van der Waals surface area contributed by atoms with Crippen LogP contribution in [0.4, 0.5) is 10.5 Å². The van der Waals surface area contributed by atoms with Crippen LogP contribution in [-0.4, -0.2) is 22.6 Å². The number of amides is 2. The minimum Gasteiger partial charge on any atom is -0.480 e. The normalized spacial score (nSPS) is 15.7. The Morgan fingerprint density at radius 1 is 1.42 bits per heavy atom. The molecule has 0 aliphatic heterocycles. The molecule has 0 bridgehead atoms. The van der Waals surface area contributed by atoms with Crippen molar-refractivity contribution in [2.24, 2.45) is 0 Å². The van der Waals surface area contributed by atoms with Gasteiger partial charge in [-0.1, -0.05) is 11.6 Å². The smallest absolute Gasteiger partial charge is 0.329 e. The van der Waals surface area contributed by atoms with Gasteiger partial charge in [0.1, 0.15) is 5.54 Å². The van der Waals surface area contributed by atoms with Gasteiger partial charge in [0, 0.05) is 9.50 Å². The molecular weight excluding hydrogens is 336 g/mol. The second-order valence-corrected chi connectivity index (χ2v) is 5.81. The van der Waals surface area contributed by atoms with Crippen LogP contribution in [0.1, 0.15) is 18.4 Å². The van der Waals surface area contributed by atoms with Gasteiger partial charge in [0.2, 0.25) is 0 Å². The summed E-state index contributed by atoms with van der Waals surface area (Å²) in [5.74, 6) is -1.01. The molecule has 1 saturated carbocycles. The zero-order valence-electron chi connectivity index (χ0n) is 10.1. The molecule has 0 atom stereocenters. The summed E-state index contributed by atoms with van der Waals surface area (Å²) in [7, 11) is 0. The van der Waals surface area contributed by atoms with Crippen molar-refractivity contribution in [2.45, 2.75) is 25.3 Å². The fraction of sp³-hybridized carbons (Fsp3) is 0.333. The van der Waals surface area contributed by atoms with Crippen molar-refractivity contribution >= 4 is 45.2 Å². The molecule has 7 heteroatoms. The molecule has 2 rings (SSSR count). The minimum atomic E-state index is -1.11. The van der Waals surface area contributed by atoms with E-state index in [-0.39, 0.29) is 0 Å². The van der Waals surface area contributed by atoms with E-state index in [2.05, 4.69) is 26.6 Å². The van der Waals surface area contributed by atoms with Crippen molar-refractivity contribution in [3.05, 3.63) is 27.2 Å². The maximum Gasteiger partial charge on any atom is 0.329 e. The fourth-order valence-electron chi connectivity index (χ4n) is 1.63. The minimum absolute atomic E-state index is 0.450. The highest BCUT2D eigenvalue weighted by molar-refractivity contribution is 9.10. The number of carbonyl (C=O) groups excluding carboxylic acids is 1. The molecule has 2 amide bonds. The predicted molar refractivity (Wildman–Crippen MR) is 75.6 cm³/mol. The number of rotatable bonds is 3. The van der Waals surface area contributed by atoms with E-state index in [0.717, 1.165) is 5.56 Å². The number of aliphatic carboxylic acids is 1. The molecule has 0 aromatic heterocycles. The van der Waals surface area contributed by atoms with Gasteiger partial charge in [-0.3, -0.25) is 0 Å². The summed E-state index contributed by atoms with van der Waals surface area (Å²) in [5, 5.41) is 14.6. The highest BCUT2D eigenvalue weighted by Gasteiger charge is 2.51. The van der Waals surface area contributed by atoms with Crippen molar-refractivity contribution in [2.75, 3.05) is 5.32 Å². The monoisotopic (exact) mass is 346 g/mol. The van der Waals surface area contributed by atoms with Crippen LogP contribution in [0, 0.1) is 6.92 Å². The van der Waals surface area contributed by atoms with Crippen LogP contribution in [0.2, 0.25) is 5.02 Å². The van der Waals surface area contributed by atoms with Gasteiger partial charge >= 0.3 is 12.0 Å². The Kier molecular flexibility index (Phi) is 3.73. The second-order valence-electron chi connectivity index (χ2n) is 4.55. The van der Waals surface area contributed by atoms with Gasteiger partial charge in [0.25, 0.3) is 0 Å². The average Bonchev–Trinajstić information content (AvgIpc) is 3.06. The molecule has 0 heterocycles. The first-order valence-corrected chi connectivity index (χ1v) is 6.79. The third-order valence-corrected chi connectivity index (χ3v) is 4.07. The molecule has 19 heavy (non-hydrogen) atoms. The van der Waals surface area contributed by atoms with Crippen molar-refractivity contribution in [3.8, 4) is 0 Å². The van der Waals surface area contributed by atoms with Gasteiger partial charge in [-0.2, -0.15) is 0 Å². The zero-order chi connectivity index (χ0) is 14.2. The van der Waals surface area contributed by atoms with Gasteiger partial charge in [-0.05, 0) is 53.4 Å². The van der Waals surface area contributed by atoms with Gasteiger partial charge in [-0.15, -0.1) is 0 Å². The zero-order valence-corrected chi connectivity index (χ0v) is 12.4. The number of nitrogens with one attached hydrogen (secondary N) is 2. The standard InChI is InChI=1S/C12H12BrClN2O3/c1-6-4-7(13)9(5-8(6)14)15-11(19)16-12(2-3-12)10(17)18/h4-5H,2-3H2,1H3,(H,17,18)(H2,15,16,19). The number of hydrogen-bond donors (Lipinski definition) is 3. The first-order valence-electron chi connectivity index (χ1n) is 5.62. The Morgan fingerprint density at radius 3 is 2.58 bits per heavy atom. The molecule has 0 radical (unpaired) electrons. The Hall–Kier alpha value is -1.27. The van der Waals surface area contributed by atoms with Crippen LogP contribution < -0.4 is 10.6 Å². The van der Waals surface area contributed by atoms with Crippen LogP contribution in [0.25, 0.3) is 0 Å². The molecule has 1 aromatic rings. The third kappa shape index (κ3) is 3.01. The summed E-state index contributed by atoms with van der Waals surface area (Å²) in [4.78, 5) is 22.7. The Bertz CT molecular complexity index is 558. The topological polar surface area (TPSA) is 78.4 Å². The quantitative estimate of drug-likeness (QED) is 0.786. The second kappa shape index (κ2) is 5.02. The number of anilines is 1. The summed E-state index contributed by atoms with van der Waals surface area (Å²) in [6.45, 7) is 1.85. The van der Waals surface area contributed by atoms with E-state index < -0.39 is 17.5 Å². The number of carboxylic acid groups (broad SMARTS) is 1. The van der Waals surface area contributed by atoms with E-state index in [4.69, 9.17) is 16.7 Å². The van der Waals surface area contributed by atoms with Crippen molar-refractivity contribution < 1.29 is 14.7 Å². The molecule has 5 nitrogen and oxygen atoms in total. The number of hydrogen-bond acceptors (Lipinski definition) is 2. The van der Waals surface area contributed by atoms with Crippen LogP contribution >= 0.6 is 27.5 Å². The van der Waals surface area contributed by atoms with Gasteiger partial charge in [0.15, 0.2) is 0 Å². The lowest BCUT2D eigenvalue weighted by atomic mass is 10.2. The summed E-state index contributed by atoms with van der Waals surface area (Å²) >= 11 is 9.29. The lowest BCUT2D eigenvalue weighted by Crippen LogP contribution is -2.45. The molecule has 0 unspecified atom stereocenters. The first kappa shape index (κ1) is 14.1. The van der Waals surface area contributed by atoms with E-state index in [0.29, 0.717) is 28.0 Å². The van der Waals surface area contributed by atoms with Crippen LogP contribution in [0.3, 0.4) is 0 Å². The van der Waals surface area contributed by atoms with Crippen molar-refractivity contribution in [3.63, 3.8) is 0 Å². The predicted octanol–water partition coefficient (Wildman–Crippen LogP) is 3.15. The van der Waals surface area contributed by atoms with E-state index >= 15 is 0 Å². The Labute approximate surface area is 123 Å². The molecule has 1 aliphatic rings. The van der Waals surface area contributed by atoms with Crippen molar-refractivity contribution in [1.29, 1.82) is 0 Å². The lowest BCUT2D eigenvalue weighted by Gasteiger charge is -2.14. The maximum atomic E-state index is 11.8. The van der Waals surface area contributed by atoms with E-state index in [1.165, 1.54) is 0 Å². The van der Waals surface area contributed by atoms with Crippen molar-refractivity contribution in [1.82, 2.24) is 5.32 Å². The Balaban J connectivity index is 2.08. The molecule has 1 aliphatic carbocycles. The van der Waals surface area contributed by atoms with Crippen LogP contribution in [0.5, 0.6) is 0 Å². The van der Waals surface area contributed by atoms with Gasteiger partial charge in [-0.25, -0.2) is 9.59 Å². The summed E-state index contributed by atoms with van der Waals surface area (Å²) in [6, 6.07) is 2.84. The highest BCUT2D eigenvalue weighted by atomic mass is 79.9. The molecule has 0 spiro atoms. The third-order valence-electron chi connectivity index (χ3n) is 3.01. The van der Waals surface area contributed by atoms with E-state index in [9.17, 15) is 9.59 Å². The molecule has 3 N–H and O–H groups in total. The number of benzene rings is 1. The number of aryl methyl sites for hydroxylation is 1. The Morgan fingerprint density at radius 2 is 2.05 bits per heavy atom. The lowest BCUT2D eigenvalue weighted by molar-refractivity contribution is -0.140. The molecule has 0 saturated heterocycles. The molecule has 1 aromatic carbocycles. The van der Waals surface area contributed by atoms with Crippen LogP contribution in [-0.2, 0) is 4.79 Å². The fourth-order valence-corrected chi connectivity index (χ4v) is 2.35. The number of urea groups is 1. The SMILES string of the molecule is Cc1cc(Br)c(NC(=O)NC2(C(=O)O)CC2)cc1Cl. The van der Waals surface area contributed by atoms with Gasteiger partial charge < -0.3 is 15.7 Å². The first-order chi connectivity index (χ1) is 8.84. The van der Waals surface area contributed by atoms with E-state index in [1.54, 1.807) is 12.1 Å². The molecule has 102 valence electrons. The van der Waals surface area contributed by atoms with E-state index in [1.807, 2.05) is 6.92 Å². The summed E-state index contributed by atoms with van der Waals surface area (Å²) in [6.07, 6.45) is 0.900. The summed E-state index contributed by atoms with van der Waals surface area (Å²) in [5.41, 5.74) is 0.267. The molecular formula is C12H12BrClN2O3. The highest BCUT2D eigenvalue weighted by Crippen LogP contribution is 2.36. The maximum absolute atomic E-state index is 11.8. The van der Waals surface area contributed by atoms with Gasteiger partial charge in [0.05, 0.1) is 5.69 Å². The molecule has 1 fully saturated rings. The summed E-state index contributed by atoms with van der Waals surface area (Å²) < 4.78 is 0.685. The number of carbonyl (C=O) groups is 2. The largest absolute Gasteiger partial charge is 0.480 e. The average molecular weight is 348 g/mol. The van der Waals surface area contributed by atoms with Crippen LogP contribution in [0.15, 0.2) is 16.6 Å². The number of halogens is 2.